The average Bonchev–Trinajstić information content (AvgIpc) is 3.14. The van der Waals surface area contributed by atoms with Crippen molar-refractivity contribution in [3.8, 4) is 0 Å². The van der Waals surface area contributed by atoms with E-state index in [1.807, 2.05) is 21.6 Å². The Morgan fingerprint density at radius 1 is 0.529 bits per heavy atom. The summed E-state index contributed by atoms with van der Waals surface area (Å²) in [5, 5.41) is 9.74. The molecule has 3 N–H and O–H groups in total. The summed E-state index contributed by atoms with van der Waals surface area (Å²) in [5.41, 5.74) is 0. The molecule has 0 aromatic heterocycles. The van der Waals surface area contributed by atoms with Crippen molar-refractivity contribution in [1.82, 2.24) is 25.8 Å². The number of nitrogens with one attached hydrogen (secondary N) is 3. The predicted octanol–water partition coefficient (Wildman–Crippen LogP) is 9.99. The Bertz CT molecular complexity index is 711. The first-order chi connectivity index (χ1) is 25.2. The molecule has 1 aliphatic rings. The number of carbonyl (C=O) groups is 2. The van der Waals surface area contributed by atoms with Crippen molar-refractivity contribution in [3.05, 3.63) is 0 Å². The van der Waals surface area contributed by atoms with Crippen LogP contribution in [-0.4, -0.2) is 98.6 Å². The van der Waals surface area contributed by atoms with Gasteiger partial charge in [0.2, 0.25) is 11.8 Å². The molecule has 0 radical (unpaired) electrons. The summed E-state index contributed by atoms with van der Waals surface area (Å²) in [7, 11) is 3.89. The van der Waals surface area contributed by atoms with Crippen LogP contribution >= 0.6 is 21.6 Å². The van der Waals surface area contributed by atoms with E-state index in [1.54, 1.807) is 0 Å². The van der Waals surface area contributed by atoms with Crippen molar-refractivity contribution in [2.24, 2.45) is 0 Å². The molecule has 1 heterocycles. The molecule has 1 rings (SSSR count). The van der Waals surface area contributed by atoms with E-state index in [9.17, 15) is 9.59 Å². The van der Waals surface area contributed by atoms with Crippen molar-refractivity contribution in [3.63, 3.8) is 0 Å². The van der Waals surface area contributed by atoms with Gasteiger partial charge >= 0.3 is 0 Å². The molecule has 2 amide bonds. The lowest BCUT2D eigenvalue weighted by Crippen LogP contribution is -2.44. The van der Waals surface area contributed by atoms with E-state index >= 15 is 0 Å². The Morgan fingerprint density at radius 3 is 1.31 bits per heavy atom. The van der Waals surface area contributed by atoms with Gasteiger partial charge < -0.3 is 20.9 Å². The first-order valence-corrected chi connectivity index (χ1v) is 24.6. The van der Waals surface area contributed by atoms with Crippen LogP contribution < -0.4 is 16.0 Å². The molecular weight excluding hydrogens is 671 g/mol. The molecule has 302 valence electrons. The third kappa shape index (κ3) is 35.0. The summed E-state index contributed by atoms with van der Waals surface area (Å²) in [6.07, 6.45) is 33.0. The maximum Gasteiger partial charge on any atom is 0.221 e. The van der Waals surface area contributed by atoms with Crippen LogP contribution in [-0.2, 0) is 9.59 Å². The third-order valence-electron chi connectivity index (χ3n) is 10.3. The van der Waals surface area contributed by atoms with E-state index in [4.69, 9.17) is 0 Å². The molecule has 7 nitrogen and oxygen atoms in total. The summed E-state index contributed by atoms with van der Waals surface area (Å²) in [6.45, 7) is 14.2. The van der Waals surface area contributed by atoms with Crippen LogP contribution in [0, 0.1) is 0 Å². The molecule has 0 unspecified atom stereocenters. The Kier molecular flexibility index (Phi) is 37.3. The standard InChI is InChI=1S/C42H85N5O2S2/c1-3-5-7-9-11-13-15-17-19-21-23-25-29-44-41(48)27-33-46(37-39-50-51-40-38-47-35-31-43-32-36-47)34-28-42(49)45-30-26-24-22-20-18-16-14-12-10-8-6-4-2/h43H,3-40H2,1-2H3,(H,44,48)(H,45,49). The van der Waals surface area contributed by atoms with Crippen molar-refractivity contribution >= 4 is 33.4 Å². The zero-order valence-corrected chi connectivity index (χ0v) is 35.5. The van der Waals surface area contributed by atoms with Crippen LogP contribution in [0.2, 0.25) is 0 Å². The highest BCUT2D eigenvalue weighted by atomic mass is 33.1. The topological polar surface area (TPSA) is 76.7 Å². The Morgan fingerprint density at radius 2 is 0.902 bits per heavy atom. The van der Waals surface area contributed by atoms with Crippen molar-refractivity contribution in [2.75, 3.05) is 77.0 Å². The van der Waals surface area contributed by atoms with E-state index in [0.29, 0.717) is 12.8 Å². The number of piperazine rings is 1. The summed E-state index contributed by atoms with van der Waals surface area (Å²) in [5.74, 6) is 2.47. The summed E-state index contributed by atoms with van der Waals surface area (Å²) < 4.78 is 0. The number of rotatable bonds is 39. The number of hydrogen-bond acceptors (Lipinski definition) is 7. The number of hydrogen-bond donors (Lipinski definition) is 3. The van der Waals surface area contributed by atoms with Gasteiger partial charge in [0.1, 0.15) is 0 Å². The first kappa shape index (κ1) is 48.5. The molecule has 0 spiro atoms. The van der Waals surface area contributed by atoms with Gasteiger partial charge in [0.05, 0.1) is 0 Å². The van der Waals surface area contributed by atoms with Gasteiger partial charge in [0, 0.05) is 89.8 Å². The zero-order chi connectivity index (χ0) is 36.7. The summed E-state index contributed by atoms with van der Waals surface area (Å²) in [4.78, 5) is 30.2. The largest absolute Gasteiger partial charge is 0.356 e. The Labute approximate surface area is 325 Å². The lowest BCUT2D eigenvalue weighted by Gasteiger charge is -2.26. The van der Waals surface area contributed by atoms with E-state index in [1.165, 1.54) is 141 Å². The fourth-order valence-corrected chi connectivity index (χ4v) is 8.86. The van der Waals surface area contributed by atoms with Crippen molar-refractivity contribution in [1.29, 1.82) is 0 Å². The Hall–Kier alpha value is -0.480. The quantitative estimate of drug-likeness (QED) is 0.0426. The van der Waals surface area contributed by atoms with E-state index in [-0.39, 0.29) is 11.8 Å². The van der Waals surface area contributed by atoms with Crippen LogP contribution in [0.25, 0.3) is 0 Å². The van der Waals surface area contributed by atoms with Gasteiger partial charge in [-0.2, -0.15) is 0 Å². The number of unbranched alkanes of at least 4 members (excludes halogenated alkanes) is 22. The molecule has 0 aliphatic carbocycles. The van der Waals surface area contributed by atoms with Crippen LogP contribution in [0.4, 0.5) is 0 Å². The average molecular weight is 756 g/mol. The second-order valence-corrected chi connectivity index (χ2v) is 17.8. The molecule has 0 aromatic carbocycles. The fourth-order valence-electron chi connectivity index (χ4n) is 6.80. The highest BCUT2D eigenvalue weighted by molar-refractivity contribution is 8.76. The van der Waals surface area contributed by atoms with Gasteiger partial charge in [0.25, 0.3) is 0 Å². The zero-order valence-electron chi connectivity index (χ0n) is 33.9. The maximum absolute atomic E-state index is 12.7. The van der Waals surface area contributed by atoms with E-state index in [2.05, 4.69) is 39.6 Å². The van der Waals surface area contributed by atoms with Crippen molar-refractivity contribution < 1.29 is 9.59 Å². The van der Waals surface area contributed by atoms with Crippen LogP contribution in [0.3, 0.4) is 0 Å². The molecular formula is C42H85N5O2S2. The SMILES string of the molecule is CCCCCCCCCCCCCCNC(=O)CCN(CCSSCCN1CCNCC1)CCC(=O)NCCCCCCCCCCCCCC. The number of nitrogens with zero attached hydrogens (tertiary/aromatic N) is 2. The highest BCUT2D eigenvalue weighted by Crippen LogP contribution is 2.21. The summed E-state index contributed by atoms with van der Waals surface area (Å²) >= 11 is 0. The predicted molar refractivity (Wildman–Crippen MR) is 228 cm³/mol. The number of amides is 2. The molecule has 9 heteroatoms. The molecule has 1 aliphatic heterocycles. The van der Waals surface area contributed by atoms with Gasteiger partial charge in [-0.15, -0.1) is 0 Å². The molecule has 0 atom stereocenters. The molecule has 1 fully saturated rings. The van der Waals surface area contributed by atoms with E-state index in [0.717, 1.165) is 89.8 Å². The van der Waals surface area contributed by atoms with Crippen LogP contribution in [0.5, 0.6) is 0 Å². The molecule has 0 aromatic rings. The second-order valence-electron chi connectivity index (χ2n) is 15.1. The lowest BCUT2D eigenvalue weighted by atomic mass is 10.1. The van der Waals surface area contributed by atoms with Crippen LogP contribution in [0.1, 0.15) is 181 Å². The molecule has 0 saturated carbocycles. The highest BCUT2D eigenvalue weighted by Gasteiger charge is 2.12. The first-order valence-electron chi connectivity index (χ1n) is 22.1. The van der Waals surface area contributed by atoms with Crippen molar-refractivity contribution in [2.45, 2.75) is 181 Å². The van der Waals surface area contributed by atoms with Gasteiger partial charge in [-0.05, 0) is 12.8 Å². The lowest BCUT2D eigenvalue weighted by molar-refractivity contribution is -0.121. The van der Waals surface area contributed by atoms with E-state index < -0.39 is 0 Å². The monoisotopic (exact) mass is 756 g/mol. The molecule has 0 bridgehead atoms. The smallest absolute Gasteiger partial charge is 0.221 e. The minimum absolute atomic E-state index is 0.151. The number of carbonyl (C=O) groups excluding carboxylic acids is 2. The minimum Gasteiger partial charge on any atom is -0.356 e. The maximum atomic E-state index is 12.7. The molecule has 1 saturated heterocycles. The normalized spacial score (nSPS) is 13.6. The van der Waals surface area contributed by atoms with Gasteiger partial charge in [-0.3, -0.25) is 14.5 Å². The van der Waals surface area contributed by atoms with Gasteiger partial charge in [0.15, 0.2) is 0 Å². The molecule has 51 heavy (non-hydrogen) atoms. The fraction of sp³-hybridized carbons (Fsp3) is 0.952. The second kappa shape index (κ2) is 39.2. The Balaban J connectivity index is 2.17. The summed E-state index contributed by atoms with van der Waals surface area (Å²) in [6, 6.07) is 0. The van der Waals surface area contributed by atoms with Gasteiger partial charge in [-0.1, -0.05) is 177 Å². The van der Waals surface area contributed by atoms with Gasteiger partial charge in [-0.25, -0.2) is 0 Å². The third-order valence-corrected chi connectivity index (χ3v) is 12.7. The minimum atomic E-state index is 0.151. The van der Waals surface area contributed by atoms with Crippen LogP contribution in [0.15, 0.2) is 0 Å².